The topological polar surface area (TPSA) is 85.2 Å². The number of nitrogens with zero attached hydrogens (tertiary/aromatic N) is 2. The van der Waals surface area contributed by atoms with Crippen LogP contribution >= 0.6 is 0 Å². The van der Waals surface area contributed by atoms with Crippen molar-refractivity contribution < 1.29 is 19.1 Å². The fourth-order valence-corrected chi connectivity index (χ4v) is 1.42. The lowest BCUT2D eigenvalue weighted by atomic mass is 10.1. The van der Waals surface area contributed by atoms with E-state index in [9.17, 15) is 14.4 Å². The third-order valence-corrected chi connectivity index (χ3v) is 2.26. The molecule has 0 saturated carbocycles. The Balaban J connectivity index is 2.59. The first-order valence-corrected chi connectivity index (χ1v) is 5.59. The summed E-state index contributed by atoms with van der Waals surface area (Å²) in [6, 6.07) is 8.19. The van der Waals surface area contributed by atoms with Crippen LogP contribution in [-0.4, -0.2) is 37.3 Å². The Morgan fingerprint density at radius 3 is 2.58 bits per heavy atom. The molecule has 1 unspecified atom stereocenters. The lowest BCUT2D eigenvalue weighted by Gasteiger charge is -2.09. The maximum Gasteiger partial charge on any atom is 0.332 e. The highest BCUT2D eigenvalue weighted by molar-refractivity contribution is 5.77. The van der Waals surface area contributed by atoms with Gasteiger partial charge in [-0.25, -0.2) is 19.4 Å². The largest absolute Gasteiger partial charge is 0.462 e. The summed E-state index contributed by atoms with van der Waals surface area (Å²) < 4.78 is 4.85. The van der Waals surface area contributed by atoms with Crippen LogP contribution in [0.4, 0.5) is 0 Å². The van der Waals surface area contributed by atoms with Crippen LogP contribution in [0.5, 0.6) is 0 Å². The molecule has 0 aliphatic carbocycles. The maximum absolute atomic E-state index is 11.7. The molecular formula is C13H12N2O4. The molecule has 0 saturated heterocycles. The Kier molecular flexibility index (Phi) is 6.51. The number of ether oxygens (including phenoxy) is 1. The summed E-state index contributed by atoms with van der Waals surface area (Å²) in [6.45, 7) is -0.00809. The van der Waals surface area contributed by atoms with E-state index >= 15 is 0 Å². The minimum Gasteiger partial charge on any atom is -0.462 e. The standard InChI is InChI=1S/C13H12N2O4/c16-9-14-6-7-19-13(18)12(15-10-17)8-11-4-2-1-3-5-11/h1-5,12H,6-8H2. The second-order valence-electron chi connectivity index (χ2n) is 3.57. The first-order chi connectivity index (χ1) is 9.27. The van der Waals surface area contributed by atoms with Gasteiger partial charge in [0.2, 0.25) is 12.2 Å². The highest BCUT2D eigenvalue weighted by Gasteiger charge is 2.19. The first kappa shape index (κ1) is 14.5. The molecule has 0 aliphatic rings. The molecule has 6 nitrogen and oxygen atoms in total. The van der Waals surface area contributed by atoms with Crippen molar-refractivity contribution in [2.75, 3.05) is 13.2 Å². The van der Waals surface area contributed by atoms with Gasteiger partial charge in [-0.2, -0.15) is 4.99 Å². The average Bonchev–Trinajstić information content (AvgIpc) is 2.44. The molecule has 98 valence electrons. The van der Waals surface area contributed by atoms with Crippen LogP contribution in [0.1, 0.15) is 5.56 Å². The Labute approximate surface area is 109 Å². The van der Waals surface area contributed by atoms with Gasteiger partial charge in [0.05, 0.1) is 6.54 Å². The van der Waals surface area contributed by atoms with Crippen molar-refractivity contribution >= 4 is 18.1 Å². The quantitative estimate of drug-likeness (QED) is 0.314. The van der Waals surface area contributed by atoms with Crippen molar-refractivity contribution in [3.63, 3.8) is 0 Å². The fourth-order valence-electron chi connectivity index (χ4n) is 1.42. The Morgan fingerprint density at radius 1 is 1.21 bits per heavy atom. The molecule has 1 atom stereocenters. The van der Waals surface area contributed by atoms with Gasteiger partial charge in [-0.15, -0.1) is 0 Å². The summed E-state index contributed by atoms with van der Waals surface area (Å²) in [5.74, 6) is -0.645. The molecule has 0 amide bonds. The first-order valence-electron chi connectivity index (χ1n) is 5.59. The monoisotopic (exact) mass is 260 g/mol. The highest BCUT2D eigenvalue weighted by Crippen LogP contribution is 2.07. The van der Waals surface area contributed by atoms with Gasteiger partial charge in [0.25, 0.3) is 0 Å². The molecule has 0 aliphatic heterocycles. The molecule has 0 spiro atoms. The zero-order valence-electron chi connectivity index (χ0n) is 10.1. The molecule has 0 fully saturated rings. The summed E-state index contributed by atoms with van der Waals surface area (Å²) >= 11 is 0. The minimum atomic E-state index is -0.930. The molecule has 0 N–H and O–H groups in total. The molecule has 0 bridgehead atoms. The molecule has 19 heavy (non-hydrogen) atoms. The van der Waals surface area contributed by atoms with Gasteiger partial charge >= 0.3 is 5.97 Å². The van der Waals surface area contributed by atoms with Crippen LogP contribution < -0.4 is 0 Å². The third kappa shape index (κ3) is 5.55. The van der Waals surface area contributed by atoms with Crippen LogP contribution in [0.25, 0.3) is 0 Å². The third-order valence-electron chi connectivity index (χ3n) is 2.26. The second-order valence-corrected chi connectivity index (χ2v) is 3.57. The zero-order valence-corrected chi connectivity index (χ0v) is 10.1. The number of rotatable bonds is 7. The summed E-state index contributed by atoms with van der Waals surface area (Å²) in [5.41, 5.74) is 0.856. The molecule has 0 radical (unpaired) electrons. The van der Waals surface area contributed by atoms with E-state index in [0.717, 1.165) is 5.56 Å². The lowest BCUT2D eigenvalue weighted by molar-refractivity contribution is -0.144. The Morgan fingerprint density at radius 2 is 1.95 bits per heavy atom. The highest BCUT2D eigenvalue weighted by atomic mass is 16.5. The number of esters is 1. The van der Waals surface area contributed by atoms with E-state index in [1.165, 1.54) is 12.2 Å². The molecular weight excluding hydrogens is 248 g/mol. The van der Waals surface area contributed by atoms with E-state index in [-0.39, 0.29) is 19.6 Å². The van der Waals surface area contributed by atoms with Crippen LogP contribution in [0, 0.1) is 0 Å². The van der Waals surface area contributed by atoms with Crippen molar-refractivity contribution in [1.29, 1.82) is 0 Å². The number of hydrogen-bond acceptors (Lipinski definition) is 6. The molecule has 1 aromatic carbocycles. The van der Waals surface area contributed by atoms with Gasteiger partial charge in [-0.1, -0.05) is 30.3 Å². The zero-order chi connectivity index (χ0) is 13.9. The van der Waals surface area contributed by atoms with Gasteiger partial charge in [0.1, 0.15) is 6.61 Å². The Hall–Kier alpha value is -2.55. The number of hydrogen-bond donors (Lipinski definition) is 0. The predicted octanol–water partition coefficient (Wildman–Crippen LogP) is 0.812. The lowest BCUT2D eigenvalue weighted by Crippen LogP contribution is -2.24. The molecule has 1 rings (SSSR count). The van der Waals surface area contributed by atoms with E-state index in [1.54, 1.807) is 0 Å². The van der Waals surface area contributed by atoms with E-state index in [4.69, 9.17) is 4.74 Å². The molecule has 0 heterocycles. The van der Waals surface area contributed by atoms with Crippen molar-refractivity contribution in [3.8, 4) is 0 Å². The van der Waals surface area contributed by atoms with Crippen molar-refractivity contribution in [1.82, 2.24) is 0 Å². The van der Waals surface area contributed by atoms with Gasteiger partial charge in [-0.3, -0.25) is 0 Å². The minimum absolute atomic E-state index is 0.0398. The predicted molar refractivity (Wildman–Crippen MR) is 66.0 cm³/mol. The van der Waals surface area contributed by atoms with Crippen LogP contribution in [0.2, 0.25) is 0 Å². The van der Waals surface area contributed by atoms with E-state index < -0.39 is 12.0 Å². The van der Waals surface area contributed by atoms with Crippen molar-refractivity contribution in [2.24, 2.45) is 9.98 Å². The van der Waals surface area contributed by atoms with Gasteiger partial charge < -0.3 is 4.74 Å². The van der Waals surface area contributed by atoms with E-state index in [1.807, 2.05) is 30.3 Å². The molecule has 0 aromatic heterocycles. The summed E-state index contributed by atoms with van der Waals surface area (Å²) in [6.07, 6.45) is 2.95. The Bertz CT molecular complexity index is 503. The van der Waals surface area contributed by atoms with Gasteiger partial charge in [-0.05, 0) is 5.56 Å². The van der Waals surface area contributed by atoms with Crippen LogP contribution in [0.3, 0.4) is 0 Å². The summed E-state index contributed by atoms with van der Waals surface area (Å²) in [4.78, 5) is 38.5. The average molecular weight is 260 g/mol. The SMILES string of the molecule is O=C=NCCOC(=O)C(Cc1ccccc1)N=C=O. The summed E-state index contributed by atoms with van der Waals surface area (Å²) in [7, 11) is 0. The van der Waals surface area contributed by atoms with Crippen LogP contribution in [-0.2, 0) is 25.5 Å². The van der Waals surface area contributed by atoms with Crippen molar-refractivity contribution in [3.05, 3.63) is 35.9 Å². The number of carbonyl (C=O) groups is 1. The number of benzene rings is 1. The normalized spacial score (nSPS) is 10.7. The van der Waals surface area contributed by atoms with Crippen molar-refractivity contribution in [2.45, 2.75) is 12.5 Å². The summed E-state index contributed by atoms with van der Waals surface area (Å²) in [5, 5.41) is 0. The smallest absolute Gasteiger partial charge is 0.332 e. The van der Waals surface area contributed by atoms with E-state index in [2.05, 4.69) is 9.98 Å². The maximum atomic E-state index is 11.7. The fraction of sp³-hybridized carbons (Fsp3) is 0.308. The number of aliphatic imine (C=N–C) groups is 2. The number of carbonyl (C=O) groups excluding carboxylic acids is 3. The van der Waals surface area contributed by atoms with E-state index in [0.29, 0.717) is 0 Å². The van der Waals surface area contributed by atoms with Gasteiger partial charge in [0, 0.05) is 6.42 Å². The van der Waals surface area contributed by atoms with Crippen LogP contribution in [0.15, 0.2) is 40.3 Å². The molecule has 1 aromatic rings. The molecule has 6 heteroatoms. The number of isocyanates is 2. The second kappa shape index (κ2) is 8.53. The van der Waals surface area contributed by atoms with Gasteiger partial charge in [0.15, 0.2) is 6.04 Å².